The number of fused-ring (bicyclic) bond motifs is 2. The lowest BCUT2D eigenvalue weighted by Gasteiger charge is -2.28. The Morgan fingerprint density at radius 1 is 1.43 bits per heavy atom. The van der Waals surface area contributed by atoms with Crippen molar-refractivity contribution in [3.63, 3.8) is 0 Å². The number of ether oxygens (including phenoxy) is 1. The summed E-state index contributed by atoms with van der Waals surface area (Å²) in [4.78, 5) is 31.9. The summed E-state index contributed by atoms with van der Waals surface area (Å²) in [7, 11) is 0. The molecule has 2 aliphatic heterocycles. The second kappa shape index (κ2) is 9.22. The molecule has 0 unspecified atom stereocenters. The minimum atomic E-state index is -1.07. The average molecular weight is 424 g/mol. The lowest BCUT2D eigenvalue weighted by Crippen LogP contribution is -2.34. The van der Waals surface area contributed by atoms with Gasteiger partial charge in [0.25, 0.3) is 0 Å². The number of nitrogens with zero attached hydrogens (tertiary/aromatic N) is 3. The number of carbonyl (C=O) groups excluding carboxylic acids is 2. The maximum atomic E-state index is 12.8. The summed E-state index contributed by atoms with van der Waals surface area (Å²) in [5.74, 6) is 0.228. The Labute approximate surface area is 176 Å². The molecule has 0 saturated carbocycles. The molecule has 2 aliphatic rings. The van der Waals surface area contributed by atoms with Crippen molar-refractivity contribution in [1.82, 2.24) is 20.4 Å². The van der Waals surface area contributed by atoms with E-state index in [1.165, 1.54) is 5.06 Å². The molecule has 3 rings (SSSR count). The molecule has 30 heavy (non-hydrogen) atoms. The Hall–Kier alpha value is -2.33. The summed E-state index contributed by atoms with van der Waals surface area (Å²) in [6.45, 7) is 8.40. The van der Waals surface area contributed by atoms with E-state index in [4.69, 9.17) is 14.1 Å². The van der Waals surface area contributed by atoms with Crippen molar-refractivity contribution < 1.29 is 28.8 Å². The predicted molar refractivity (Wildman–Crippen MR) is 106 cm³/mol. The average Bonchev–Trinajstić information content (AvgIpc) is 3.25. The van der Waals surface area contributed by atoms with Crippen LogP contribution in [-0.4, -0.2) is 63.7 Å². The van der Waals surface area contributed by atoms with Crippen molar-refractivity contribution in [3.8, 4) is 0 Å². The molecule has 0 radical (unpaired) electrons. The molecule has 2 fully saturated rings. The standard InChI is InChI=1S/C20H32N4O6/c1-5-6-9-28-24-13-7-8-15(23(12-13)19(24)27)14-10-17(30-22-14)16(25)11-21-18(26)29-20(2,3)4/h10,13,15-16,25H,5-9,11-12H2,1-4H3,(H,21,26)/t13-,15-,16+/m0/s1. The number of aromatic nitrogens is 1. The van der Waals surface area contributed by atoms with E-state index < -0.39 is 17.8 Å². The zero-order valence-electron chi connectivity index (χ0n) is 18.1. The largest absolute Gasteiger partial charge is 0.444 e. The van der Waals surface area contributed by atoms with E-state index in [9.17, 15) is 14.7 Å². The zero-order valence-corrected chi connectivity index (χ0v) is 18.1. The van der Waals surface area contributed by atoms with Crippen molar-refractivity contribution in [2.75, 3.05) is 19.7 Å². The molecule has 2 N–H and O–H groups in total. The number of aliphatic hydroxyl groups is 1. The summed E-state index contributed by atoms with van der Waals surface area (Å²) in [6, 6.07) is 1.31. The first-order valence-corrected chi connectivity index (χ1v) is 10.5. The van der Waals surface area contributed by atoms with Gasteiger partial charge >= 0.3 is 12.1 Å². The highest BCUT2D eigenvalue weighted by Gasteiger charge is 2.47. The van der Waals surface area contributed by atoms with Gasteiger partial charge < -0.3 is 24.6 Å². The fourth-order valence-electron chi connectivity index (χ4n) is 3.63. The van der Waals surface area contributed by atoms with Crippen molar-refractivity contribution in [2.45, 2.75) is 77.2 Å². The van der Waals surface area contributed by atoms with Gasteiger partial charge in [0.1, 0.15) is 17.4 Å². The third kappa shape index (κ3) is 5.23. The minimum absolute atomic E-state index is 0.0561. The van der Waals surface area contributed by atoms with Gasteiger partial charge in [-0.25, -0.2) is 9.59 Å². The van der Waals surface area contributed by atoms with E-state index >= 15 is 0 Å². The molecule has 1 aromatic rings. The third-order valence-electron chi connectivity index (χ3n) is 5.11. The van der Waals surface area contributed by atoms with Crippen LogP contribution in [-0.2, 0) is 9.57 Å². The van der Waals surface area contributed by atoms with Gasteiger partial charge in [-0.3, -0.25) is 4.84 Å². The normalized spacial score (nSPS) is 22.4. The molecule has 10 heteroatoms. The number of hydrogen-bond acceptors (Lipinski definition) is 7. The van der Waals surface area contributed by atoms with E-state index in [-0.39, 0.29) is 30.4 Å². The van der Waals surface area contributed by atoms with Gasteiger partial charge in [0.2, 0.25) is 0 Å². The minimum Gasteiger partial charge on any atom is -0.444 e. The van der Waals surface area contributed by atoms with Gasteiger partial charge in [0.05, 0.1) is 25.2 Å². The number of alkyl carbamates (subject to hydrolysis) is 1. The zero-order chi connectivity index (χ0) is 21.9. The SMILES string of the molecule is CCCCON1C(=O)N2C[C@@H]1CC[C@H]2c1cc([C@H](O)CNC(=O)OC(C)(C)C)on1. The molecular formula is C20H32N4O6. The molecule has 0 aliphatic carbocycles. The van der Waals surface area contributed by atoms with Gasteiger partial charge in [0, 0.05) is 12.6 Å². The second-order valence-electron chi connectivity index (χ2n) is 8.75. The topological polar surface area (TPSA) is 117 Å². The summed E-state index contributed by atoms with van der Waals surface area (Å²) in [6.07, 6.45) is 1.77. The quantitative estimate of drug-likeness (QED) is 0.616. The van der Waals surface area contributed by atoms with Gasteiger partial charge in [0.15, 0.2) is 5.76 Å². The highest BCUT2D eigenvalue weighted by molar-refractivity contribution is 5.77. The van der Waals surface area contributed by atoms with Gasteiger partial charge in [-0.05, 0) is 40.0 Å². The van der Waals surface area contributed by atoms with E-state index in [1.807, 2.05) is 0 Å². The van der Waals surface area contributed by atoms with Gasteiger partial charge in [-0.2, -0.15) is 5.06 Å². The summed E-state index contributed by atoms with van der Waals surface area (Å²) >= 11 is 0. The van der Waals surface area contributed by atoms with Crippen LogP contribution >= 0.6 is 0 Å². The number of hydroxylamine groups is 2. The lowest BCUT2D eigenvalue weighted by molar-refractivity contribution is -0.130. The lowest BCUT2D eigenvalue weighted by atomic mass is 9.98. The molecule has 3 atom stereocenters. The fraction of sp³-hybridized carbons (Fsp3) is 0.750. The molecular weight excluding hydrogens is 392 g/mol. The predicted octanol–water partition coefficient (Wildman–Crippen LogP) is 2.91. The van der Waals surface area contributed by atoms with Crippen LogP contribution < -0.4 is 5.32 Å². The molecule has 2 bridgehead atoms. The van der Waals surface area contributed by atoms with Crippen molar-refractivity contribution in [2.24, 2.45) is 0 Å². The number of piperidine rings is 1. The maximum absolute atomic E-state index is 12.8. The molecule has 2 saturated heterocycles. The van der Waals surface area contributed by atoms with Crippen molar-refractivity contribution in [1.29, 1.82) is 0 Å². The number of hydrogen-bond donors (Lipinski definition) is 2. The maximum Gasteiger partial charge on any atom is 0.407 e. The first-order chi connectivity index (χ1) is 14.2. The van der Waals surface area contributed by atoms with E-state index in [2.05, 4.69) is 17.4 Å². The fourth-order valence-corrected chi connectivity index (χ4v) is 3.63. The molecule has 0 aromatic carbocycles. The van der Waals surface area contributed by atoms with Crippen LogP contribution in [0.5, 0.6) is 0 Å². The number of amides is 3. The first-order valence-electron chi connectivity index (χ1n) is 10.5. The highest BCUT2D eigenvalue weighted by atomic mass is 16.7. The van der Waals surface area contributed by atoms with E-state index in [1.54, 1.807) is 31.7 Å². The van der Waals surface area contributed by atoms with Gasteiger partial charge in [-0.15, -0.1) is 0 Å². The molecule has 168 valence electrons. The summed E-state index contributed by atoms with van der Waals surface area (Å²) in [5.41, 5.74) is -0.0347. The van der Waals surface area contributed by atoms with Crippen LogP contribution in [0.4, 0.5) is 9.59 Å². The smallest absolute Gasteiger partial charge is 0.407 e. The Morgan fingerprint density at radius 3 is 2.90 bits per heavy atom. The summed E-state index contributed by atoms with van der Waals surface area (Å²) in [5, 5.41) is 18.4. The number of nitrogens with one attached hydrogen (secondary N) is 1. The molecule has 3 amide bonds. The summed E-state index contributed by atoms with van der Waals surface area (Å²) < 4.78 is 10.4. The number of urea groups is 1. The highest BCUT2D eigenvalue weighted by Crippen LogP contribution is 2.38. The van der Waals surface area contributed by atoms with E-state index in [0.717, 1.165) is 25.7 Å². The Bertz CT molecular complexity index is 746. The van der Waals surface area contributed by atoms with Gasteiger partial charge in [-0.1, -0.05) is 18.5 Å². The molecule has 1 aromatic heterocycles. The second-order valence-corrected chi connectivity index (χ2v) is 8.75. The molecule has 0 spiro atoms. The Kier molecular flexibility index (Phi) is 6.87. The van der Waals surface area contributed by atoms with Crippen LogP contribution in [0.25, 0.3) is 0 Å². The van der Waals surface area contributed by atoms with Crippen LogP contribution in [0.3, 0.4) is 0 Å². The first kappa shape index (κ1) is 22.4. The van der Waals surface area contributed by atoms with Crippen LogP contribution in [0, 0.1) is 0 Å². The number of aliphatic hydroxyl groups excluding tert-OH is 1. The molecule has 10 nitrogen and oxygen atoms in total. The van der Waals surface area contributed by atoms with Crippen molar-refractivity contribution in [3.05, 3.63) is 17.5 Å². The Morgan fingerprint density at radius 2 is 2.20 bits per heavy atom. The third-order valence-corrected chi connectivity index (χ3v) is 5.11. The number of unbranched alkanes of at least 4 members (excludes halogenated alkanes) is 1. The monoisotopic (exact) mass is 424 g/mol. The molecule has 3 heterocycles. The van der Waals surface area contributed by atoms with E-state index in [0.29, 0.717) is 18.8 Å². The van der Waals surface area contributed by atoms with Crippen LogP contribution in [0.15, 0.2) is 10.6 Å². The number of rotatable bonds is 8. The van der Waals surface area contributed by atoms with Crippen LogP contribution in [0.1, 0.15) is 77.0 Å². The van der Waals surface area contributed by atoms with Crippen LogP contribution in [0.2, 0.25) is 0 Å². The Balaban J connectivity index is 1.57. The number of carbonyl (C=O) groups is 2. The van der Waals surface area contributed by atoms with Crippen molar-refractivity contribution >= 4 is 12.1 Å².